The van der Waals surface area contributed by atoms with Crippen LogP contribution in [0.4, 0.5) is 0 Å². The maximum atomic E-state index is 12.5. The molecule has 1 fully saturated rings. The van der Waals surface area contributed by atoms with Gasteiger partial charge >= 0.3 is 0 Å². The number of nitrogens with zero attached hydrogens (tertiary/aromatic N) is 3. The van der Waals surface area contributed by atoms with Crippen molar-refractivity contribution in [1.82, 2.24) is 14.4 Å². The van der Waals surface area contributed by atoms with Crippen molar-refractivity contribution >= 4 is 5.78 Å². The molecule has 0 aliphatic carbocycles. The van der Waals surface area contributed by atoms with Crippen molar-refractivity contribution in [3.8, 4) is 0 Å². The lowest BCUT2D eigenvalue weighted by Crippen LogP contribution is -2.52. The number of rotatable bonds is 4. The van der Waals surface area contributed by atoms with Gasteiger partial charge < -0.3 is 9.47 Å². The highest BCUT2D eigenvalue weighted by molar-refractivity contribution is 5.99. The van der Waals surface area contributed by atoms with Gasteiger partial charge in [0, 0.05) is 49.7 Å². The van der Waals surface area contributed by atoms with Gasteiger partial charge in [0.2, 0.25) is 0 Å². The first-order chi connectivity index (χ1) is 9.43. The van der Waals surface area contributed by atoms with Crippen LogP contribution in [0.3, 0.4) is 0 Å². The third-order valence-corrected chi connectivity index (χ3v) is 4.78. The lowest BCUT2D eigenvalue weighted by atomic mass is 10.1. The van der Waals surface area contributed by atoms with Crippen LogP contribution in [-0.4, -0.2) is 59.4 Å². The average molecular weight is 277 g/mol. The van der Waals surface area contributed by atoms with E-state index < -0.39 is 0 Å². The number of hydrogen-bond acceptors (Lipinski definition) is 3. The molecule has 0 bridgehead atoms. The van der Waals surface area contributed by atoms with Gasteiger partial charge in [-0.3, -0.25) is 9.69 Å². The minimum absolute atomic E-state index is 0.255. The van der Waals surface area contributed by atoms with E-state index >= 15 is 0 Å². The molecule has 4 heteroatoms. The van der Waals surface area contributed by atoms with E-state index in [2.05, 4.69) is 28.3 Å². The smallest absolute Gasteiger partial charge is 0.178 e. The van der Waals surface area contributed by atoms with Crippen molar-refractivity contribution in [2.75, 3.05) is 33.2 Å². The first kappa shape index (κ1) is 15.3. The fraction of sp³-hybridized carbons (Fsp3) is 0.688. The number of likely N-dealkylation sites (N-methyl/N-ethyl adjacent to an activating group) is 1. The van der Waals surface area contributed by atoms with E-state index in [1.54, 1.807) is 0 Å². The Kier molecular flexibility index (Phi) is 4.66. The fourth-order valence-corrected chi connectivity index (χ4v) is 3.02. The van der Waals surface area contributed by atoms with Gasteiger partial charge in [0.15, 0.2) is 5.78 Å². The molecule has 0 aromatic carbocycles. The molecule has 2 heterocycles. The molecular formula is C16H27N3O. The van der Waals surface area contributed by atoms with Gasteiger partial charge in [0.05, 0.1) is 6.54 Å². The number of Topliss-reactive ketones (excluding diaryl/α,β-unsaturated/α-hetero) is 1. The third-order valence-electron chi connectivity index (χ3n) is 4.78. The Bertz CT molecular complexity index is 492. The molecule has 0 saturated carbocycles. The van der Waals surface area contributed by atoms with Crippen LogP contribution >= 0.6 is 0 Å². The maximum Gasteiger partial charge on any atom is 0.178 e. The minimum Gasteiger partial charge on any atom is -0.351 e. The molecule has 20 heavy (non-hydrogen) atoms. The molecule has 1 aromatic rings. The Hall–Kier alpha value is -1.13. The van der Waals surface area contributed by atoms with E-state index in [1.165, 1.54) is 0 Å². The largest absolute Gasteiger partial charge is 0.351 e. The number of ketones is 1. The van der Waals surface area contributed by atoms with E-state index in [9.17, 15) is 4.79 Å². The summed E-state index contributed by atoms with van der Waals surface area (Å²) in [6.07, 6.45) is 1.14. The summed E-state index contributed by atoms with van der Waals surface area (Å²) in [5, 5.41) is 0. The first-order valence-corrected chi connectivity index (χ1v) is 7.52. The SMILES string of the molecule is CCC1CN(CC(=O)c2cc(C)n(C)c2C)CCN1C. The third kappa shape index (κ3) is 2.96. The Morgan fingerprint density at radius 2 is 2.00 bits per heavy atom. The second kappa shape index (κ2) is 6.10. The van der Waals surface area contributed by atoms with E-state index in [0.29, 0.717) is 12.6 Å². The zero-order valence-corrected chi connectivity index (χ0v) is 13.4. The summed E-state index contributed by atoms with van der Waals surface area (Å²) >= 11 is 0. The zero-order chi connectivity index (χ0) is 14.9. The summed E-state index contributed by atoms with van der Waals surface area (Å²) in [5.41, 5.74) is 3.11. The predicted octanol–water partition coefficient (Wildman–Crippen LogP) is 1.85. The van der Waals surface area contributed by atoms with E-state index in [-0.39, 0.29) is 5.78 Å². The lowest BCUT2D eigenvalue weighted by Gasteiger charge is -2.38. The number of carbonyl (C=O) groups excluding carboxylic acids is 1. The number of hydrogen-bond donors (Lipinski definition) is 0. The second-order valence-electron chi connectivity index (χ2n) is 6.04. The average Bonchev–Trinajstić information content (AvgIpc) is 2.68. The van der Waals surface area contributed by atoms with Gasteiger partial charge in [0.25, 0.3) is 0 Å². The first-order valence-electron chi connectivity index (χ1n) is 7.52. The number of piperazine rings is 1. The molecule has 112 valence electrons. The Labute approximate surface area is 122 Å². The van der Waals surface area contributed by atoms with Gasteiger partial charge in [-0.15, -0.1) is 0 Å². The summed E-state index contributed by atoms with van der Waals surface area (Å²) in [5.74, 6) is 0.255. The monoisotopic (exact) mass is 277 g/mol. The van der Waals surface area contributed by atoms with Crippen molar-refractivity contribution in [2.24, 2.45) is 7.05 Å². The topological polar surface area (TPSA) is 28.5 Å². The molecule has 4 nitrogen and oxygen atoms in total. The van der Waals surface area contributed by atoms with Gasteiger partial charge in [0.1, 0.15) is 0 Å². The molecule has 0 radical (unpaired) electrons. The van der Waals surface area contributed by atoms with Crippen LogP contribution < -0.4 is 0 Å². The number of carbonyl (C=O) groups is 1. The normalized spacial score (nSPS) is 21.4. The van der Waals surface area contributed by atoms with Crippen molar-refractivity contribution in [3.05, 3.63) is 23.0 Å². The maximum absolute atomic E-state index is 12.5. The Morgan fingerprint density at radius 3 is 2.55 bits per heavy atom. The molecule has 1 aliphatic heterocycles. The molecule has 0 N–H and O–H groups in total. The highest BCUT2D eigenvalue weighted by atomic mass is 16.1. The molecule has 1 atom stereocenters. The van der Waals surface area contributed by atoms with Crippen molar-refractivity contribution < 1.29 is 4.79 Å². The van der Waals surface area contributed by atoms with E-state index in [1.807, 2.05) is 27.0 Å². The molecule has 0 amide bonds. The van der Waals surface area contributed by atoms with Crippen LogP contribution in [0, 0.1) is 13.8 Å². The minimum atomic E-state index is 0.255. The summed E-state index contributed by atoms with van der Waals surface area (Å²) < 4.78 is 2.09. The predicted molar refractivity (Wildman–Crippen MR) is 82.4 cm³/mol. The summed E-state index contributed by atoms with van der Waals surface area (Å²) in [7, 11) is 4.20. The van der Waals surface area contributed by atoms with Crippen LogP contribution in [0.2, 0.25) is 0 Å². The van der Waals surface area contributed by atoms with E-state index in [0.717, 1.165) is 43.0 Å². The van der Waals surface area contributed by atoms with Crippen LogP contribution in [-0.2, 0) is 7.05 Å². The molecule has 1 aliphatic rings. The highest BCUT2D eigenvalue weighted by Crippen LogP contribution is 2.16. The summed E-state index contributed by atoms with van der Waals surface area (Å²) in [4.78, 5) is 17.2. The zero-order valence-electron chi connectivity index (χ0n) is 13.4. The molecule has 1 saturated heterocycles. The van der Waals surface area contributed by atoms with Crippen molar-refractivity contribution in [3.63, 3.8) is 0 Å². The Balaban J connectivity index is 2.03. The second-order valence-corrected chi connectivity index (χ2v) is 6.04. The summed E-state index contributed by atoms with van der Waals surface area (Å²) in [6, 6.07) is 2.60. The van der Waals surface area contributed by atoms with Crippen LogP contribution in [0.5, 0.6) is 0 Å². The lowest BCUT2D eigenvalue weighted by molar-refractivity contribution is 0.0742. The van der Waals surface area contributed by atoms with Gasteiger partial charge in [-0.25, -0.2) is 0 Å². The van der Waals surface area contributed by atoms with E-state index in [4.69, 9.17) is 0 Å². The van der Waals surface area contributed by atoms with Gasteiger partial charge in [-0.05, 0) is 33.4 Å². The van der Waals surface area contributed by atoms with Crippen LogP contribution in [0.15, 0.2) is 6.07 Å². The van der Waals surface area contributed by atoms with Crippen LogP contribution in [0.1, 0.15) is 35.1 Å². The van der Waals surface area contributed by atoms with Gasteiger partial charge in [-0.1, -0.05) is 6.92 Å². The summed E-state index contributed by atoms with van der Waals surface area (Å²) in [6.45, 7) is 9.89. The number of aromatic nitrogens is 1. The fourth-order valence-electron chi connectivity index (χ4n) is 3.02. The molecule has 1 aromatic heterocycles. The molecular weight excluding hydrogens is 250 g/mol. The highest BCUT2D eigenvalue weighted by Gasteiger charge is 2.25. The van der Waals surface area contributed by atoms with Gasteiger partial charge in [-0.2, -0.15) is 0 Å². The van der Waals surface area contributed by atoms with Crippen molar-refractivity contribution in [1.29, 1.82) is 0 Å². The van der Waals surface area contributed by atoms with Crippen molar-refractivity contribution in [2.45, 2.75) is 33.2 Å². The quantitative estimate of drug-likeness (QED) is 0.786. The standard InChI is InChI=1S/C16H27N3O/c1-6-14-10-19(8-7-17(14)4)11-16(20)15-9-12(2)18(5)13(15)3/h9,14H,6-8,10-11H2,1-5H3. The Morgan fingerprint density at radius 1 is 1.30 bits per heavy atom. The molecule has 1 unspecified atom stereocenters. The van der Waals surface area contributed by atoms with Crippen LogP contribution in [0.25, 0.3) is 0 Å². The molecule has 0 spiro atoms. The molecule has 2 rings (SSSR count). The number of aryl methyl sites for hydroxylation is 1.